The third kappa shape index (κ3) is 4.18. The molecule has 2 aromatic carbocycles. The lowest BCUT2D eigenvalue weighted by Gasteiger charge is -2.06. The summed E-state index contributed by atoms with van der Waals surface area (Å²) in [7, 11) is 0. The monoisotopic (exact) mass is 348 g/mol. The van der Waals surface area contributed by atoms with E-state index in [-0.39, 0.29) is 12.2 Å². The minimum absolute atomic E-state index is 0.100. The molecule has 1 aromatic heterocycles. The van der Waals surface area contributed by atoms with E-state index in [2.05, 4.69) is 5.10 Å². The molecular weight excluding hydrogens is 335 g/mol. The van der Waals surface area contributed by atoms with Crippen LogP contribution < -0.4 is 10.3 Å². The first-order valence-corrected chi connectivity index (χ1v) is 7.77. The van der Waals surface area contributed by atoms with Gasteiger partial charge in [0.05, 0.1) is 12.2 Å². The predicted molar refractivity (Wildman–Crippen MR) is 91.4 cm³/mol. The number of aromatic nitrogens is 2. The van der Waals surface area contributed by atoms with Crippen molar-refractivity contribution >= 4 is 23.2 Å². The fourth-order valence-corrected chi connectivity index (χ4v) is 2.72. The summed E-state index contributed by atoms with van der Waals surface area (Å²) >= 11 is 11.9. The van der Waals surface area contributed by atoms with E-state index in [9.17, 15) is 4.79 Å². The molecule has 0 saturated heterocycles. The molecule has 118 valence electrons. The Bertz CT molecular complexity index is 836. The van der Waals surface area contributed by atoms with Crippen molar-refractivity contribution in [2.75, 3.05) is 0 Å². The second-order valence-electron chi connectivity index (χ2n) is 5.09. The molecule has 0 unspecified atom stereocenters. The molecule has 0 aliphatic rings. The molecule has 0 saturated carbocycles. The molecule has 3 rings (SSSR count). The average molecular weight is 349 g/mol. The Balaban J connectivity index is 1.70. The van der Waals surface area contributed by atoms with Gasteiger partial charge in [-0.05, 0) is 23.8 Å². The molecular formula is C17H14Cl2N2O2. The molecule has 0 fully saturated rings. The van der Waals surface area contributed by atoms with Gasteiger partial charge < -0.3 is 4.74 Å². The third-order valence-corrected chi connectivity index (χ3v) is 3.69. The van der Waals surface area contributed by atoms with E-state index >= 15 is 0 Å². The van der Waals surface area contributed by atoms with Gasteiger partial charge in [0.2, 0.25) is 0 Å². The number of rotatable bonds is 5. The minimum Gasteiger partial charge on any atom is -0.487 e. The summed E-state index contributed by atoms with van der Waals surface area (Å²) in [5.74, 6) is 0.555. The summed E-state index contributed by atoms with van der Waals surface area (Å²) in [4.78, 5) is 12.0. The molecule has 1 heterocycles. The summed E-state index contributed by atoms with van der Waals surface area (Å²) in [6.07, 6.45) is 0. The van der Waals surface area contributed by atoms with Gasteiger partial charge in [-0.25, -0.2) is 4.68 Å². The van der Waals surface area contributed by atoms with E-state index in [4.69, 9.17) is 27.9 Å². The van der Waals surface area contributed by atoms with Crippen molar-refractivity contribution < 1.29 is 4.74 Å². The van der Waals surface area contributed by atoms with Crippen molar-refractivity contribution in [3.8, 4) is 5.75 Å². The molecule has 3 aromatic rings. The Morgan fingerprint density at radius 1 is 1.00 bits per heavy atom. The van der Waals surface area contributed by atoms with Gasteiger partial charge in [-0.2, -0.15) is 0 Å². The molecule has 0 atom stereocenters. The van der Waals surface area contributed by atoms with Gasteiger partial charge in [0, 0.05) is 16.1 Å². The normalized spacial score (nSPS) is 10.7. The van der Waals surface area contributed by atoms with Crippen LogP contribution >= 0.6 is 23.2 Å². The highest BCUT2D eigenvalue weighted by molar-refractivity contribution is 6.34. The molecule has 0 spiro atoms. The number of benzene rings is 2. The number of hydrogen-bond donors (Lipinski definition) is 1. The zero-order valence-electron chi connectivity index (χ0n) is 12.1. The highest BCUT2D eigenvalue weighted by atomic mass is 35.5. The fourth-order valence-electron chi connectivity index (χ4n) is 2.22. The number of aromatic amines is 1. The van der Waals surface area contributed by atoms with Crippen LogP contribution in [0.2, 0.25) is 10.0 Å². The Morgan fingerprint density at radius 3 is 2.39 bits per heavy atom. The van der Waals surface area contributed by atoms with Crippen molar-refractivity contribution in [3.05, 3.63) is 86.3 Å². The highest BCUT2D eigenvalue weighted by Crippen LogP contribution is 2.24. The van der Waals surface area contributed by atoms with Gasteiger partial charge in [-0.15, -0.1) is 0 Å². The largest absolute Gasteiger partial charge is 0.487 e. The van der Waals surface area contributed by atoms with Crippen LogP contribution in [0.15, 0.2) is 59.4 Å². The first kappa shape index (κ1) is 15.7. The SMILES string of the molecule is O=c1cc(COc2cc(Cl)cc(Cl)c2)[nH]n1Cc1ccccc1. The van der Waals surface area contributed by atoms with Crippen LogP contribution in [0.4, 0.5) is 0 Å². The zero-order valence-corrected chi connectivity index (χ0v) is 13.6. The summed E-state index contributed by atoms with van der Waals surface area (Å²) in [5, 5.41) is 4.05. The van der Waals surface area contributed by atoms with Crippen LogP contribution in [-0.4, -0.2) is 9.78 Å². The molecule has 6 heteroatoms. The van der Waals surface area contributed by atoms with E-state index in [1.807, 2.05) is 30.3 Å². The quantitative estimate of drug-likeness (QED) is 0.754. The maximum absolute atomic E-state index is 12.0. The fraction of sp³-hybridized carbons (Fsp3) is 0.118. The Hall–Kier alpha value is -2.17. The number of hydrogen-bond acceptors (Lipinski definition) is 2. The van der Waals surface area contributed by atoms with Gasteiger partial charge in [0.15, 0.2) is 0 Å². The van der Waals surface area contributed by atoms with Crippen LogP contribution in [0.1, 0.15) is 11.3 Å². The number of halogens is 2. The summed E-state index contributed by atoms with van der Waals surface area (Å²) in [6.45, 7) is 0.719. The van der Waals surface area contributed by atoms with Crippen molar-refractivity contribution in [2.24, 2.45) is 0 Å². The van der Waals surface area contributed by atoms with Gasteiger partial charge in [0.1, 0.15) is 12.4 Å². The van der Waals surface area contributed by atoms with E-state index < -0.39 is 0 Å². The van der Waals surface area contributed by atoms with E-state index in [1.165, 1.54) is 6.07 Å². The summed E-state index contributed by atoms with van der Waals surface area (Å²) in [6, 6.07) is 16.3. The summed E-state index contributed by atoms with van der Waals surface area (Å²) in [5.41, 5.74) is 1.63. The van der Waals surface area contributed by atoms with E-state index in [0.717, 1.165) is 5.56 Å². The molecule has 0 radical (unpaired) electrons. The first-order valence-electron chi connectivity index (χ1n) is 7.02. The maximum Gasteiger partial charge on any atom is 0.267 e. The predicted octanol–water partition coefficient (Wildman–Crippen LogP) is 4.11. The van der Waals surface area contributed by atoms with Crippen LogP contribution in [0, 0.1) is 0 Å². The van der Waals surface area contributed by atoms with Gasteiger partial charge in [-0.3, -0.25) is 9.89 Å². The van der Waals surface area contributed by atoms with Crippen LogP contribution in [0.25, 0.3) is 0 Å². The molecule has 0 bridgehead atoms. The number of ether oxygens (including phenoxy) is 1. The molecule has 0 amide bonds. The van der Waals surface area contributed by atoms with Crippen LogP contribution in [-0.2, 0) is 13.2 Å². The molecule has 0 aliphatic carbocycles. The lowest BCUT2D eigenvalue weighted by molar-refractivity contribution is 0.300. The second-order valence-corrected chi connectivity index (χ2v) is 5.96. The number of nitrogens with one attached hydrogen (secondary N) is 1. The topological polar surface area (TPSA) is 47.0 Å². The zero-order chi connectivity index (χ0) is 16.2. The molecule has 23 heavy (non-hydrogen) atoms. The van der Waals surface area contributed by atoms with Gasteiger partial charge >= 0.3 is 0 Å². The Kier molecular flexibility index (Phi) is 4.74. The van der Waals surface area contributed by atoms with Crippen molar-refractivity contribution in [3.63, 3.8) is 0 Å². The van der Waals surface area contributed by atoms with Crippen LogP contribution in [0.3, 0.4) is 0 Å². The van der Waals surface area contributed by atoms with Crippen LogP contribution in [0.5, 0.6) is 5.75 Å². The number of H-pyrrole nitrogens is 1. The molecule has 1 N–H and O–H groups in total. The standard InChI is InChI=1S/C17H14Cl2N2O2/c18-13-6-14(19)8-16(7-13)23-11-15-9-17(22)21(20-15)10-12-4-2-1-3-5-12/h1-9,20H,10-11H2. The van der Waals surface area contributed by atoms with Crippen molar-refractivity contribution in [1.82, 2.24) is 9.78 Å². The van der Waals surface area contributed by atoms with E-state index in [1.54, 1.807) is 22.9 Å². The maximum atomic E-state index is 12.0. The minimum atomic E-state index is -0.100. The third-order valence-electron chi connectivity index (χ3n) is 3.26. The van der Waals surface area contributed by atoms with E-state index in [0.29, 0.717) is 28.0 Å². The lowest BCUT2D eigenvalue weighted by Crippen LogP contribution is -2.16. The van der Waals surface area contributed by atoms with Crippen molar-refractivity contribution in [1.29, 1.82) is 0 Å². The summed E-state index contributed by atoms with van der Waals surface area (Å²) < 4.78 is 7.16. The second kappa shape index (κ2) is 6.94. The Morgan fingerprint density at radius 2 is 1.70 bits per heavy atom. The first-order chi connectivity index (χ1) is 11.1. The van der Waals surface area contributed by atoms with Crippen molar-refractivity contribution in [2.45, 2.75) is 13.2 Å². The molecule has 0 aliphatic heterocycles. The highest BCUT2D eigenvalue weighted by Gasteiger charge is 2.06. The number of nitrogens with zero attached hydrogens (tertiary/aromatic N) is 1. The smallest absolute Gasteiger partial charge is 0.267 e. The van der Waals surface area contributed by atoms with Gasteiger partial charge in [-0.1, -0.05) is 53.5 Å². The molecule has 4 nitrogen and oxygen atoms in total. The van der Waals surface area contributed by atoms with Gasteiger partial charge in [0.25, 0.3) is 5.56 Å². The average Bonchev–Trinajstić information content (AvgIpc) is 2.85. The Labute approximate surface area is 143 Å². The lowest BCUT2D eigenvalue weighted by atomic mass is 10.2.